The van der Waals surface area contributed by atoms with Gasteiger partial charge in [0.1, 0.15) is 17.6 Å². The minimum atomic E-state index is -0.966. The Balaban J connectivity index is 1.67. The zero-order valence-corrected chi connectivity index (χ0v) is 18.9. The molecule has 8 heteroatoms. The number of carbonyl (C=O) groups is 1. The molecule has 2 atom stereocenters. The second kappa shape index (κ2) is 9.50. The zero-order valence-electron chi connectivity index (χ0n) is 18.1. The van der Waals surface area contributed by atoms with Gasteiger partial charge in [0.25, 0.3) is 0 Å². The Labute approximate surface area is 192 Å². The number of pyridine rings is 1. The SMILES string of the molecule is CN(C)CCCN1C(=S)N[C@H](c2ccccn2)[C@@H]1c1ccc(-c2cccc(C(=O)O)c2)o1. The van der Waals surface area contributed by atoms with E-state index in [2.05, 4.69) is 34.2 Å². The summed E-state index contributed by atoms with van der Waals surface area (Å²) in [7, 11) is 4.11. The van der Waals surface area contributed by atoms with Gasteiger partial charge in [-0.1, -0.05) is 18.2 Å². The maximum atomic E-state index is 11.4. The third-order valence-electron chi connectivity index (χ3n) is 5.51. The molecule has 3 aromatic rings. The topological polar surface area (TPSA) is 81.8 Å². The summed E-state index contributed by atoms with van der Waals surface area (Å²) in [6.07, 6.45) is 2.73. The average Bonchev–Trinajstić information content (AvgIpc) is 3.39. The molecule has 2 aromatic heterocycles. The molecule has 166 valence electrons. The number of furan rings is 1. The number of aromatic nitrogens is 1. The molecule has 32 heavy (non-hydrogen) atoms. The zero-order chi connectivity index (χ0) is 22.7. The van der Waals surface area contributed by atoms with Crippen LogP contribution in [0.5, 0.6) is 0 Å². The van der Waals surface area contributed by atoms with Crippen molar-refractivity contribution in [1.29, 1.82) is 0 Å². The molecule has 0 bridgehead atoms. The largest absolute Gasteiger partial charge is 0.478 e. The minimum Gasteiger partial charge on any atom is -0.478 e. The molecule has 4 rings (SSSR count). The van der Waals surface area contributed by atoms with Gasteiger partial charge < -0.3 is 24.6 Å². The summed E-state index contributed by atoms with van der Waals surface area (Å²) in [6.45, 7) is 1.73. The van der Waals surface area contributed by atoms with Crippen LogP contribution in [0.3, 0.4) is 0 Å². The van der Waals surface area contributed by atoms with Crippen LogP contribution in [0.15, 0.2) is 65.2 Å². The first-order valence-corrected chi connectivity index (χ1v) is 10.9. The molecule has 1 aliphatic heterocycles. The lowest BCUT2D eigenvalue weighted by atomic mass is 10.0. The van der Waals surface area contributed by atoms with E-state index in [1.807, 2.05) is 36.4 Å². The smallest absolute Gasteiger partial charge is 0.335 e. The van der Waals surface area contributed by atoms with Crippen molar-refractivity contribution in [3.63, 3.8) is 0 Å². The highest BCUT2D eigenvalue weighted by atomic mass is 32.1. The molecule has 3 heterocycles. The first-order chi connectivity index (χ1) is 15.4. The van der Waals surface area contributed by atoms with Crippen molar-refractivity contribution in [3.8, 4) is 11.3 Å². The number of rotatable bonds is 8. The lowest BCUT2D eigenvalue weighted by molar-refractivity contribution is 0.0697. The second-order valence-corrected chi connectivity index (χ2v) is 8.45. The van der Waals surface area contributed by atoms with Gasteiger partial charge >= 0.3 is 5.97 Å². The summed E-state index contributed by atoms with van der Waals surface area (Å²) in [5.74, 6) is 0.411. The van der Waals surface area contributed by atoms with Crippen LogP contribution >= 0.6 is 12.2 Å². The van der Waals surface area contributed by atoms with E-state index in [1.54, 1.807) is 24.4 Å². The molecular formula is C24H26N4O3S. The van der Waals surface area contributed by atoms with Crippen LogP contribution in [0.2, 0.25) is 0 Å². The van der Waals surface area contributed by atoms with Gasteiger partial charge in [-0.25, -0.2) is 4.79 Å². The molecule has 2 N–H and O–H groups in total. The van der Waals surface area contributed by atoms with Crippen LogP contribution in [0.4, 0.5) is 0 Å². The molecule has 0 amide bonds. The number of aromatic carboxylic acids is 1. The van der Waals surface area contributed by atoms with Gasteiger partial charge in [0, 0.05) is 18.3 Å². The molecule has 0 unspecified atom stereocenters. The molecule has 1 saturated heterocycles. The second-order valence-electron chi connectivity index (χ2n) is 8.06. The Bertz CT molecular complexity index is 1100. The van der Waals surface area contributed by atoms with Crippen molar-refractivity contribution in [2.75, 3.05) is 27.2 Å². The van der Waals surface area contributed by atoms with E-state index in [0.717, 1.165) is 36.5 Å². The Hall–Kier alpha value is -3.23. The van der Waals surface area contributed by atoms with Crippen molar-refractivity contribution < 1.29 is 14.3 Å². The fourth-order valence-corrected chi connectivity index (χ4v) is 4.32. The lowest BCUT2D eigenvalue weighted by Crippen LogP contribution is -2.32. The molecule has 1 fully saturated rings. The maximum absolute atomic E-state index is 11.4. The fourth-order valence-electron chi connectivity index (χ4n) is 3.98. The summed E-state index contributed by atoms with van der Waals surface area (Å²) >= 11 is 5.69. The Morgan fingerprint density at radius 2 is 2.06 bits per heavy atom. The maximum Gasteiger partial charge on any atom is 0.335 e. The number of benzene rings is 1. The number of hydrogen-bond acceptors (Lipinski definition) is 5. The van der Waals surface area contributed by atoms with Gasteiger partial charge in [-0.2, -0.15) is 0 Å². The summed E-state index contributed by atoms with van der Waals surface area (Å²) in [4.78, 5) is 20.2. The van der Waals surface area contributed by atoms with Crippen molar-refractivity contribution in [1.82, 2.24) is 20.1 Å². The molecule has 7 nitrogen and oxygen atoms in total. The first-order valence-electron chi connectivity index (χ1n) is 10.5. The number of hydrogen-bond donors (Lipinski definition) is 2. The highest BCUT2D eigenvalue weighted by Gasteiger charge is 2.41. The summed E-state index contributed by atoms with van der Waals surface area (Å²) in [5.41, 5.74) is 1.83. The van der Waals surface area contributed by atoms with Crippen LogP contribution < -0.4 is 5.32 Å². The third-order valence-corrected chi connectivity index (χ3v) is 5.87. The van der Waals surface area contributed by atoms with Crippen molar-refractivity contribution in [2.24, 2.45) is 0 Å². The number of thiocarbonyl (C=S) groups is 1. The summed E-state index contributed by atoms with van der Waals surface area (Å²) in [5, 5.41) is 13.4. The van der Waals surface area contributed by atoms with Crippen LogP contribution in [0, 0.1) is 0 Å². The molecular weight excluding hydrogens is 424 g/mol. The normalized spacial score (nSPS) is 18.2. The van der Waals surface area contributed by atoms with Gasteiger partial charge in [0.05, 0.1) is 17.3 Å². The lowest BCUT2D eigenvalue weighted by Gasteiger charge is -2.26. The van der Waals surface area contributed by atoms with Gasteiger partial charge in [0.15, 0.2) is 5.11 Å². The monoisotopic (exact) mass is 450 g/mol. The van der Waals surface area contributed by atoms with E-state index < -0.39 is 5.97 Å². The number of carboxylic acid groups (broad SMARTS) is 1. The third kappa shape index (κ3) is 4.66. The fraction of sp³-hybridized carbons (Fsp3) is 0.292. The minimum absolute atomic E-state index is 0.146. The average molecular weight is 451 g/mol. The quantitative estimate of drug-likeness (QED) is 0.499. The number of nitrogens with one attached hydrogen (secondary N) is 1. The van der Waals surface area contributed by atoms with Gasteiger partial charge in [0.2, 0.25) is 0 Å². The van der Waals surface area contributed by atoms with E-state index >= 15 is 0 Å². The van der Waals surface area contributed by atoms with Crippen molar-refractivity contribution in [3.05, 3.63) is 77.8 Å². The van der Waals surface area contributed by atoms with Crippen molar-refractivity contribution >= 4 is 23.3 Å². The van der Waals surface area contributed by atoms with Gasteiger partial charge in [-0.3, -0.25) is 4.98 Å². The standard InChI is InChI=1S/C24H26N4O3S/c1-27(2)13-6-14-28-22(21(26-24(28)32)18-9-3-4-12-25-18)20-11-10-19(31-20)16-7-5-8-17(15-16)23(29)30/h3-5,7-12,15,21-22H,6,13-14H2,1-2H3,(H,26,32)(H,29,30)/t21-,22+/m1/s1. The van der Waals surface area contributed by atoms with Crippen LogP contribution in [0.25, 0.3) is 11.3 Å². The van der Waals surface area contributed by atoms with E-state index in [0.29, 0.717) is 10.9 Å². The van der Waals surface area contributed by atoms with Crippen LogP contribution in [-0.4, -0.2) is 58.2 Å². The van der Waals surface area contributed by atoms with Crippen LogP contribution in [-0.2, 0) is 0 Å². The predicted octanol–water partition coefficient (Wildman–Crippen LogP) is 3.96. The van der Waals surface area contributed by atoms with E-state index in [-0.39, 0.29) is 17.6 Å². The Morgan fingerprint density at radius 1 is 1.22 bits per heavy atom. The van der Waals surface area contributed by atoms with Crippen LogP contribution in [0.1, 0.15) is 40.3 Å². The van der Waals surface area contributed by atoms with Gasteiger partial charge in [-0.15, -0.1) is 0 Å². The summed E-state index contributed by atoms with van der Waals surface area (Å²) < 4.78 is 6.27. The number of nitrogens with zero attached hydrogens (tertiary/aromatic N) is 3. The van der Waals surface area contributed by atoms with E-state index in [1.165, 1.54) is 0 Å². The molecule has 0 radical (unpaired) electrons. The Kier molecular flexibility index (Phi) is 6.53. The number of carboxylic acids is 1. The summed E-state index contributed by atoms with van der Waals surface area (Å²) in [6, 6.07) is 16.1. The van der Waals surface area contributed by atoms with E-state index in [9.17, 15) is 9.90 Å². The molecule has 1 aliphatic rings. The molecule has 1 aromatic carbocycles. The Morgan fingerprint density at radius 3 is 2.78 bits per heavy atom. The first kappa shape index (κ1) is 22.0. The highest BCUT2D eigenvalue weighted by Crippen LogP contribution is 2.40. The van der Waals surface area contributed by atoms with Crippen molar-refractivity contribution in [2.45, 2.75) is 18.5 Å². The highest BCUT2D eigenvalue weighted by molar-refractivity contribution is 7.80. The predicted molar refractivity (Wildman–Crippen MR) is 126 cm³/mol. The molecule has 0 aliphatic carbocycles. The molecule has 0 saturated carbocycles. The molecule has 0 spiro atoms. The van der Waals surface area contributed by atoms with E-state index in [4.69, 9.17) is 16.6 Å². The van der Waals surface area contributed by atoms with Gasteiger partial charge in [-0.05, 0) is 75.7 Å².